The maximum Gasteiger partial charge on any atom is 0.411 e. The summed E-state index contributed by atoms with van der Waals surface area (Å²) in [6.45, 7) is 7.67. The lowest BCUT2D eigenvalue weighted by Crippen LogP contribution is -2.23. The second-order valence-corrected chi connectivity index (χ2v) is 12.2. The second-order valence-electron chi connectivity index (χ2n) is 12.2. The minimum Gasteiger partial charge on any atom is -0.453 e. The molecule has 4 aromatic carbocycles. The van der Waals surface area contributed by atoms with E-state index >= 15 is 0 Å². The Labute approximate surface area is 283 Å². The Balaban J connectivity index is 0.000000188. The van der Waals surface area contributed by atoms with Crippen molar-refractivity contribution in [2.24, 2.45) is 0 Å². The van der Waals surface area contributed by atoms with E-state index < -0.39 is 6.09 Å². The van der Waals surface area contributed by atoms with Gasteiger partial charge in [0.25, 0.3) is 0 Å². The summed E-state index contributed by atoms with van der Waals surface area (Å²) in [5.74, 6) is -0.128. The number of amides is 1. The highest BCUT2D eigenvalue weighted by Crippen LogP contribution is 2.33. The van der Waals surface area contributed by atoms with E-state index in [1.807, 2.05) is 42.5 Å². The smallest absolute Gasteiger partial charge is 0.411 e. The average Bonchev–Trinajstić information content (AvgIpc) is 3.11. The number of hydrogen-bond donors (Lipinski definition) is 3. The molecule has 0 atom stereocenters. The fraction of sp³-hybridized carbons (Fsp3) is 0.268. The number of halogens is 1. The molecule has 0 unspecified atom stereocenters. The molecule has 248 valence electrons. The third-order valence-corrected chi connectivity index (χ3v) is 8.73. The quantitative estimate of drug-likeness (QED) is 0.183. The van der Waals surface area contributed by atoms with Gasteiger partial charge in [-0.1, -0.05) is 89.5 Å². The summed E-state index contributed by atoms with van der Waals surface area (Å²) in [4.78, 5) is 22.8. The lowest BCUT2D eigenvalue weighted by Gasteiger charge is -2.21. The van der Waals surface area contributed by atoms with Crippen LogP contribution in [-0.4, -0.2) is 45.2 Å². The molecule has 2 aliphatic heterocycles. The van der Waals surface area contributed by atoms with Crippen molar-refractivity contribution in [2.45, 2.75) is 39.5 Å². The minimum absolute atomic E-state index is 0.114. The fourth-order valence-electron chi connectivity index (χ4n) is 6.31. The van der Waals surface area contributed by atoms with Gasteiger partial charge in [0.15, 0.2) is 5.78 Å². The van der Waals surface area contributed by atoms with Gasteiger partial charge in [0.1, 0.15) is 5.82 Å². The Morgan fingerprint density at radius 3 is 1.60 bits per heavy atom. The molecule has 0 radical (unpaired) electrons. The highest BCUT2D eigenvalue weighted by molar-refractivity contribution is 5.95. The van der Waals surface area contributed by atoms with E-state index in [0.29, 0.717) is 5.69 Å². The first-order chi connectivity index (χ1) is 23.3. The molecular formula is C41H44FN3O3. The number of piperidine rings is 2. The number of anilines is 1. The second kappa shape index (κ2) is 16.8. The number of methoxy groups -OCH3 is 1. The molecule has 6 rings (SSSR count). The van der Waals surface area contributed by atoms with Crippen LogP contribution in [0.15, 0.2) is 108 Å². The van der Waals surface area contributed by atoms with Crippen LogP contribution in [-0.2, 0) is 4.74 Å². The number of nitrogens with one attached hydrogen (secondary N) is 3. The summed E-state index contributed by atoms with van der Waals surface area (Å²) in [6.07, 6.45) is 3.53. The molecule has 3 N–H and O–H groups in total. The van der Waals surface area contributed by atoms with E-state index in [4.69, 9.17) is 0 Å². The van der Waals surface area contributed by atoms with Crippen molar-refractivity contribution in [3.05, 3.63) is 147 Å². The van der Waals surface area contributed by atoms with Crippen molar-refractivity contribution >= 4 is 28.7 Å². The Kier molecular flexibility index (Phi) is 12.1. The predicted octanol–water partition coefficient (Wildman–Crippen LogP) is 8.57. The van der Waals surface area contributed by atoms with Crippen molar-refractivity contribution in [3.63, 3.8) is 0 Å². The number of aryl methyl sites for hydroxylation is 1. The van der Waals surface area contributed by atoms with Crippen molar-refractivity contribution in [1.29, 1.82) is 0 Å². The fourth-order valence-corrected chi connectivity index (χ4v) is 6.31. The van der Waals surface area contributed by atoms with Crippen LogP contribution in [0.1, 0.15) is 70.8 Å². The highest BCUT2D eigenvalue weighted by atomic mass is 19.1. The van der Waals surface area contributed by atoms with Crippen LogP contribution < -0.4 is 16.0 Å². The monoisotopic (exact) mass is 645 g/mol. The van der Waals surface area contributed by atoms with Crippen molar-refractivity contribution in [2.75, 3.05) is 38.6 Å². The van der Waals surface area contributed by atoms with E-state index in [0.717, 1.165) is 74.1 Å². The van der Waals surface area contributed by atoms with Gasteiger partial charge in [-0.2, -0.15) is 0 Å². The summed E-state index contributed by atoms with van der Waals surface area (Å²) in [7, 11) is 1.33. The van der Waals surface area contributed by atoms with E-state index in [1.165, 1.54) is 46.6 Å². The minimum atomic E-state index is -0.505. The van der Waals surface area contributed by atoms with E-state index in [-0.39, 0.29) is 11.6 Å². The molecule has 0 spiro atoms. The number of rotatable bonds is 6. The zero-order valence-electron chi connectivity index (χ0n) is 28.0. The number of Topliss-reactive ketones (excluding diaryl/α,β-unsaturated/α-hetero) is 1. The molecule has 0 bridgehead atoms. The Bertz CT molecular complexity index is 1780. The number of carbonyl (C=O) groups excluding carboxylic acids is 2. The van der Waals surface area contributed by atoms with Gasteiger partial charge >= 0.3 is 6.09 Å². The molecule has 0 saturated carbocycles. The molecule has 2 aliphatic rings. The lowest BCUT2D eigenvalue weighted by atomic mass is 9.88. The molecule has 0 aromatic heterocycles. The molecule has 4 aromatic rings. The molecule has 1 amide bonds. The third kappa shape index (κ3) is 9.15. The van der Waals surface area contributed by atoms with Crippen LogP contribution in [0, 0.1) is 12.7 Å². The first kappa shape index (κ1) is 34.5. The van der Waals surface area contributed by atoms with Crippen LogP contribution in [0.3, 0.4) is 0 Å². The van der Waals surface area contributed by atoms with Crippen molar-refractivity contribution in [3.8, 4) is 0 Å². The van der Waals surface area contributed by atoms with Crippen LogP contribution in [0.5, 0.6) is 0 Å². The molecule has 48 heavy (non-hydrogen) atoms. The Hall–Kier alpha value is -4.85. The lowest BCUT2D eigenvalue weighted by molar-refractivity contribution is 0.101. The first-order valence-electron chi connectivity index (χ1n) is 16.6. The average molecular weight is 646 g/mol. The SMILES string of the molecule is CC(=O)c1ccc(C(=C2CCNCC2)c2cccc(C)c2)cc1.COC(=O)Nc1ccc(C(=C2CCNCC2)c2cccc(F)c2)cc1. The summed E-state index contributed by atoms with van der Waals surface area (Å²) in [6, 6.07) is 31.0. The summed E-state index contributed by atoms with van der Waals surface area (Å²) >= 11 is 0. The van der Waals surface area contributed by atoms with Gasteiger partial charge in [-0.05, 0) is 123 Å². The topological polar surface area (TPSA) is 79.5 Å². The van der Waals surface area contributed by atoms with Crippen molar-refractivity contribution < 1.29 is 18.7 Å². The number of ether oxygens (including phenoxy) is 1. The summed E-state index contributed by atoms with van der Waals surface area (Å²) in [5, 5.41) is 9.42. The summed E-state index contributed by atoms with van der Waals surface area (Å²) < 4.78 is 18.4. The zero-order valence-corrected chi connectivity index (χ0v) is 28.0. The van der Waals surface area contributed by atoms with Crippen LogP contribution >= 0.6 is 0 Å². The molecule has 7 heteroatoms. The maximum absolute atomic E-state index is 13.8. The van der Waals surface area contributed by atoms with Gasteiger partial charge in [-0.25, -0.2) is 9.18 Å². The Morgan fingerprint density at radius 1 is 0.646 bits per heavy atom. The van der Waals surface area contributed by atoms with Gasteiger partial charge in [-0.15, -0.1) is 0 Å². The van der Waals surface area contributed by atoms with E-state index in [9.17, 15) is 14.0 Å². The molecule has 0 aliphatic carbocycles. The molecule has 2 heterocycles. The molecule has 2 saturated heterocycles. The van der Waals surface area contributed by atoms with Crippen LogP contribution in [0.2, 0.25) is 0 Å². The van der Waals surface area contributed by atoms with Gasteiger partial charge in [0, 0.05) is 11.3 Å². The van der Waals surface area contributed by atoms with Gasteiger partial charge in [-0.3, -0.25) is 10.1 Å². The number of hydrogen-bond acceptors (Lipinski definition) is 5. The standard InChI is InChI=1S/C21H23NO.C20H21FN2O2/c1-15-4-3-5-20(14-15)21(19-10-12-22-13-11-19)18-8-6-17(7-9-18)16(2)23;1-25-20(24)23-18-7-5-14(6-8-18)19(15-9-11-22-12-10-15)16-3-2-4-17(21)13-16/h3-9,14,22H,10-13H2,1-2H3;2-8,13,22H,9-12H2,1H3,(H,23,24). The number of carbonyl (C=O) groups is 2. The number of ketones is 1. The van der Waals surface area contributed by atoms with Crippen LogP contribution in [0.4, 0.5) is 14.9 Å². The number of benzene rings is 4. The van der Waals surface area contributed by atoms with E-state index in [1.54, 1.807) is 19.1 Å². The normalized spacial score (nSPS) is 14.3. The highest BCUT2D eigenvalue weighted by Gasteiger charge is 2.17. The third-order valence-electron chi connectivity index (χ3n) is 8.73. The first-order valence-corrected chi connectivity index (χ1v) is 16.6. The molecule has 6 nitrogen and oxygen atoms in total. The molecular weight excluding hydrogens is 601 g/mol. The predicted molar refractivity (Wildman–Crippen MR) is 193 cm³/mol. The van der Waals surface area contributed by atoms with Crippen molar-refractivity contribution in [1.82, 2.24) is 10.6 Å². The van der Waals surface area contributed by atoms with Gasteiger partial charge < -0.3 is 15.4 Å². The Morgan fingerprint density at radius 2 is 1.12 bits per heavy atom. The van der Waals surface area contributed by atoms with E-state index in [2.05, 4.69) is 64.0 Å². The van der Waals surface area contributed by atoms with Gasteiger partial charge in [0.2, 0.25) is 0 Å². The largest absolute Gasteiger partial charge is 0.453 e. The van der Waals surface area contributed by atoms with Gasteiger partial charge in [0.05, 0.1) is 7.11 Å². The molecule has 2 fully saturated rings. The van der Waals surface area contributed by atoms with Crippen LogP contribution in [0.25, 0.3) is 11.1 Å². The maximum atomic E-state index is 13.8. The zero-order chi connectivity index (χ0) is 33.9. The summed E-state index contributed by atoms with van der Waals surface area (Å²) in [5.41, 5.74) is 12.3.